The smallest absolute Gasteiger partial charge is 0.342 e. The van der Waals surface area contributed by atoms with Crippen molar-refractivity contribution in [3.63, 3.8) is 0 Å². The molecule has 0 spiro atoms. The number of nitrogens with one attached hydrogen (secondary N) is 1. The van der Waals surface area contributed by atoms with E-state index in [2.05, 4.69) is 5.32 Å². The predicted molar refractivity (Wildman–Crippen MR) is 95.0 cm³/mol. The molecule has 0 fully saturated rings. The molecule has 2 rings (SSSR count). The molecule has 0 bridgehead atoms. The first kappa shape index (κ1) is 18.7. The third-order valence-electron chi connectivity index (χ3n) is 3.23. The van der Waals surface area contributed by atoms with Crippen LogP contribution in [0, 0.1) is 0 Å². The molecular formula is C18H19NO5S. The number of carbonyl (C=O) groups excluding carboxylic acids is 3. The molecule has 1 heterocycles. The van der Waals surface area contributed by atoms with Crippen molar-refractivity contribution in [2.75, 3.05) is 18.5 Å². The molecule has 25 heavy (non-hydrogen) atoms. The lowest BCUT2D eigenvalue weighted by Gasteiger charge is -2.08. The van der Waals surface area contributed by atoms with E-state index in [4.69, 9.17) is 9.47 Å². The van der Waals surface area contributed by atoms with Crippen LogP contribution >= 0.6 is 11.3 Å². The maximum Gasteiger partial charge on any atom is 0.342 e. The summed E-state index contributed by atoms with van der Waals surface area (Å²) in [5, 5.41) is 4.46. The fraction of sp³-hybridized carbons (Fsp3) is 0.278. The highest BCUT2D eigenvalue weighted by atomic mass is 32.1. The van der Waals surface area contributed by atoms with Gasteiger partial charge in [-0.3, -0.25) is 4.79 Å². The Bertz CT molecular complexity index is 754. The first-order valence-corrected chi connectivity index (χ1v) is 8.74. The number of amides is 1. The highest BCUT2D eigenvalue weighted by molar-refractivity contribution is 7.15. The minimum absolute atomic E-state index is 0.0340. The summed E-state index contributed by atoms with van der Waals surface area (Å²) < 4.78 is 9.96. The molecule has 0 saturated carbocycles. The molecule has 6 nitrogen and oxygen atoms in total. The normalized spacial score (nSPS) is 10.2. The van der Waals surface area contributed by atoms with E-state index in [0.717, 1.165) is 16.9 Å². The zero-order chi connectivity index (χ0) is 18.2. The molecule has 7 heteroatoms. The van der Waals surface area contributed by atoms with Crippen molar-refractivity contribution < 1.29 is 23.9 Å². The summed E-state index contributed by atoms with van der Waals surface area (Å²) in [7, 11) is 0. The standard InChI is InChI=1S/C18H19NO5S/c1-3-23-17(21)13-11-25-16(15(13)18(22)24-4-2)19-14(20)10-12-8-6-5-7-9-12/h5-9,11H,3-4,10H2,1-2H3,(H,19,20). The van der Waals surface area contributed by atoms with Gasteiger partial charge in [-0.2, -0.15) is 0 Å². The Morgan fingerprint density at radius 1 is 1.00 bits per heavy atom. The van der Waals surface area contributed by atoms with Gasteiger partial charge in [0, 0.05) is 5.38 Å². The minimum Gasteiger partial charge on any atom is -0.462 e. The van der Waals surface area contributed by atoms with Gasteiger partial charge >= 0.3 is 11.9 Å². The van der Waals surface area contributed by atoms with E-state index in [9.17, 15) is 14.4 Å². The van der Waals surface area contributed by atoms with Crippen molar-refractivity contribution >= 4 is 34.2 Å². The average molecular weight is 361 g/mol. The van der Waals surface area contributed by atoms with E-state index in [1.54, 1.807) is 13.8 Å². The largest absolute Gasteiger partial charge is 0.462 e. The maximum absolute atomic E-state index is 12.2. The van der Waals surface area contributed by atoms with E-state index in [-0.39, 0.29) is 41.7 Å². The van der Waals surface area contributed by atoms with Gasteiger partial charge in [-0.25, -0.2) is 9.59 Å². The van der Waals surface area contributed by atoms with E-state index in [1.807, 2.05) is 30.3 Å². The van der Waals surface area contributed by atoms with Crippen LogP contribution in [-0.2, 0) is 20.7 Å². The summed E-state index contributed by atoms with van der Waals surface area (Å²) in [6, 6.07) is 9.23. The molecule has 1 aromatic carbocycles. The van der Waals surface area contributed by atoms with Crippen molar-refractivity contribution in [2.45, 2.75) is 20.3 Å². The number of anilines is 1. The van der Waals surface area contributed by atoms with Crippen molar-refractivity contribution in [1.82, 2.24) is 0 Å². The zero-order valence-electron chi connectivity index (χ0n) is 14.0. The molecular weight excluding hydrogens is 342 g/mol. The third kappa shape index (κ3) is 4.90. The summed E-state index contributed by atoms with van der Waals surface area (Å²) in [5.74, 6) is -1.57. The van der Waals surface area contributed by atoms with Gasteiger partial charge in [0.2, 0.25) is 5.91 Å². The average Bonchev–Trinajstić information content (AvgIpc) is 2.99. The van der Waals surface area contributed by atoms with Gasteiger partial charge < -0.3 is 14.8 Å². The Labute approximate surface area is 149 Å². The van der Waals surface area contributed by atoms with Gasteiger partial charge in [-0.15, -0.1) is 11.3 Å². The Hall–Kier alpha value is -2.67. The summed E-state index contributed by atoms with van der Waals surface area (Å²) in [6.07, 6.45) is 0.162. The minimum atomic E-state index is -0.665. The number of esters is 2. The molecule has 0 saturated heterocycles. The van der Waals surface area contributed by atoms with Gasteiger partial charge in [-0.1, -0.05) is 30.3 Å². The Morgan fingerprint density at radius 2 is 1.64 bits per heavy atom. The number of benzene rings is 1. The topological polar surface area (TPSA) is 81.7 Å². The van der Waals surface area contributed by atoms with E-state index < -0.39 is 11.9 Å². The number of ether oxygens (including phenoxy) is 2. The molecule has 2 aromatic rings. The monoisotopic (exact) mass is 361 g/mol. The van der Waals surface area contributed by atoms with Gasteiger partial charge in [0.25, 0.3) is 0 Å². The zero-order valence-corrected chi connectivity index (χ0v) is 14.9. The number of rotatable bonds is 7. The molecule has 1 N–H and O–H groups in total. The van der Waals surface area contributed by atoms with Crippen LogP contribution < -0.4 is 5.32 Å². The lowest BCUT2D eigenvalue weighted by molar-refractivity contribution is -0.115. The van der Waals surface area contributed by atoms with E-state index >= 15 is 0 Å². The van der Waals surface area contributed by atoms with Gasteiger partial charge in [0.15, 0.2) is 0 Å². The first-order valence-electron chi connectivity index (χ1n) is 7.86. The van der Waals surface area contributed by atoms with Crippen molar-refractivity contribution in [3.05, 3.63) is 52.4 Å². The van der Waals surface area contributed by atoms with Crippen LogP contribution in [0.15, 0.2) is 35.7 Å². The second-order valence-corrected chi connectivity index (χ2v) is 5.88. The first-order chi connectivity index (χ1) is 12.1. The molecule has 0 atom stereocenters. The molecule has 0 aliphatic rings. The SMILES string of the molecule is CCOC(=O)c1csc(NC(=O)Cc2ccccc2)c1C(=O)OCC. The Kier molecular flexibility index (Phi) is 6.71. The number of thiophene rings is 1. The van der Waals surface area contributed by atoms with Crippen LogP contribution in [0.25, 0.3) is 0 Å². The van der Waals surface area contributed by atoms with Crippen molar-refractivity contribution in [3.8, 4) is 0 Å². The maximum atomic E-state index is 12.2. The lowest BCUT2D eigenvalue weighted by atomic mass is 10.1. The third-order valence-corrected chi connectivity index (χ3v) is 4.12. The molecule has 0 aliphatic heterocycles. The second-order valence-electron chi connectivity index (χ2n) is 5.00. The van der Waals surface area contributed by atoms with Crippen LogP contribution in [0.3, 0.4) is 0 Å². The predicted octanol–water partition coefficient (Wildman–Crippen LogP) is 3.28. The summed E-state index contributed by atoms with van der Waals surface area (Å²) in [4.78, 5) is 36.5. The Morgan fingerprint density at radius 3 is 2.28 bits per heavy atom. The Balaban J connectivity index is 2.22. The van der Waals surface area contributed by atoms with Crippen LogP contribution in [0.2, 0.25) is 0 Å². The molecule has 0 unspecified atom stereocenters. The number of hydrogen-bond donors (Lipinski definition) is 1. The highest BCUT2D eigenvalue weighted by Crippen LogP contribution is 2.30. The molecule has 1 aromatic heterocycles. The number of carbonyl (C=O) groups is 3. The van der Waals surface area contributed by atoms with Gasteiger partial charge in [-0.05, 0) is 19.4 Å². The van der Waals surface area contributed by atoms with E-state index in [1.165, 1.54) is 5.38 Å². The quantitative estimate of drug-likeness (QED) is 0.766. The second kappa shape index (κ2) is 8.98. The summed E-state index contributed by atoms with van der Waals surface area (Å²) in [5.41, 5.74) is 0.979. The fourth-order valence-corrected chi connectivity index (χ4v) is 3.10. The lowest BCUT2D eigenvalue weighted by Crippen LogP contribution is -2.18. The molecule has 0 aliphatic carbocycles. The van der Waals surface area contributed by atoms with Crippen LogP contribution in [0.5, 0.6) is 0 Å². The van der Waals surface area contributed by atoms with Gasteiger partial charge in [0.05, 0.1) is 25.2 Å². The van der Waals surface area contributed by atoms with E-state index in [0.29, 0.717) is 0 Å². The number of hydrogen-bond acceptors (Lipinski definition) is 6. The van der Waals surface area contributed by atoms with Crippen LogP contribution in [0.4, 0.5) is 5.00 Å². The molecule has 132 valence electrons. The highest BCUT2D eigenvalue weighted by Gasteiger charge is 2.26. The van der Waals surface area contributed by atoms with Crippen LogP contribution in [0.1, 0.15) is 40.1 Å². The van der Waals surface area contributed by atoms with Crippen molar-refractivity contribution in [1.29, 1.82) is 0 Å². The fourth-order valence-electron chi connectivity index (χ4n) is 2.17. The molecule has 1 amide bonds. The summed E-state index contributed by atoms with van der Waals surface area (Å²) >= 11 is 1.09. The molecule has 0 radical (unpaired) electrons. The van der Waals surface area contributed by atoms with Gasteiger partial charge in [0.1, 0.15) is 10.6 Å². The summed E-state index contributed by atoms with van der Waals surface area (Å²) in [6.45, 7) is 3.69. The van der Waals surface area contributed by atoms with Crippen LogP contribution in [-0.4, -0.2) is 31.1 Å². The van der Waals surface area contributed by atoms with Crippen molar-refractivity contribution in [2.24, 2.45) is 0 Å².